The highest BCUT2D eigenvalue weighted by Gasteiger charge is 2.18. The fraction of sp³-hybridized carbons (Fsp3) is 0.824. The molecule has 128 valence electrons. The van der Waals surface area contributed by atoms with E-state index in [1.807, 2.05) is 16.7 Å². The molecule has 1 aliphatic carbocycles. The third kappa shape index (κ3) is 5.23. The fourth-order valence-electron chi connectivity index (χ4n) is 3.48. The molecule has 0 bridgehead atoms. The first-order valence-corrected chi connectivity index (χ1v) is 10.1. The fourth-order valence-corrected chi connectivity index (χ4v) is 4.38. The molecule has 1 aromatic rings. The van der Waals surface area contributed by atoms with Crippen LogP contribution in [0.5, 0.6) is 0 Å². The Kier molecular flexibility index (Phi) is 6.37. The van der Waals surface area contributed by atoms with Crippen LogP contribution >= 0.6 is 11.8 Å². The summed E-state index contributed by atoms with van der Waals surface area (Å²) in [6.45, 7) is 1.75. The van der Waals surface area contributed by atoms with Crippen LogP contribution < -0.4 is 0 Å². The number of hydrogen-bond donors (Lipinski definition) is 0. The smallest absolute Gasteiger partial charge is 0.223 e. The van der Waals surface area contributed by atoms with E-state index in [0.717, 1.165) is 49.2 Å². The molecule has 0 aromatic carbocycles. The second kappa shape index (κ2) is 8.71. The number of carbonyl (C=O) groups excluding carboxylic acids is 1. The van der Waals surface area contributed by atoms with Crippen LogP contribution in [0.25, 0.3) is 0 Å². The number of thioether (sulfide) groups is 1. The van der Waals surface area contributed by atoms with Gasteiger partial charge < -0.3 is 9.32 Å². The van der Waals surface area contributed by atoms with E-state index in [1.54, 1.807) is 0 Å². The Bertz CT molecular complexity index is 494. The molecular weight excluding hydrogens is 310 g/mol. The summed E-state index contributed by atoms with van der Waals surface area (Å²) in [5.41, 5.74) is 0. The van der Waals surface area contributed by atoms with Gasteiger partial charge in [0.1, 0.15) is 0 Å². The Morgan fingerprint density at radius 1 is 1.09 bits per heavy atom. The van der Waals surface area contributed by atoms with Crippen LogP contribution in [-0.4, -0.2) is 45.6 Å². The lowest BCUT2D eigenvalue weighted by molar-refractivity contribution is -0.130. The third-order valence-corrected chi connectivity index (χ3v) is 5.86. The maximum atomic E-state index is 12.1. The highest BCUT2D eigenvalue weighted by Crippen LogP contribution is 2.27. The molecule has 2 fully saturated rings. The van der Waals surface area contributed by atoms with Gasteiger partial charge in [-0.05, 0) is 12.3 Å². The van der Waals surface area contributed by atoms with E-state index in [4.69, 9.17) is 4.42 Å². The zero-order valence-electron chi connectivity index (χ0n) is 13.8. The SMILES string of the molecule is O=C(CCc1nnc(CCC2CCCCC2)o1)N1CCSCC1. The second-order valence-electron chi connectivity index (χ2n) is 6.63. The van der Waals surface area contributed by atoms with Crippen LogP contribution in [0.4, 0.5) is 0 Å². The van der Waals surface area contributed by atoms with Gasteiger partial charge in [0.15, 0.2) is 0 Å². The molecule has 1 amide bonds. The molecule has 1 aromatic heterocycles. The first-order chi connectivity index (χ1) is 11.3. The van der Waals surface area contributed by atoms with Crippen molar-refractivity contribution < 1.29 is 9.21 Å². The lowest BCUT2D eigenvalue weighted by Crippen LogP contribution is -2.37. The number of carbonyl (C=O) groups is 1. The van der Waals surface area contributed by atoms with Crippen molar-refractivity contribution in [2.45, 2.75) is 57.8 Å². The van der Waals surface area contributed by atoms with Crippen molar-refractivity contribution in [3.05, 3.63) is 11.8 Å². The van der Waals surface area contributed by atoms with Gasteiger partial charge in [0, 0.05) is 43.9 Å². The Morgan fingerprint density at radius 3 is 2.52 bits per heavy atom. The predicted octanol–water partition coefficient (Wildman–Crippen LogP) is 3.09. The number of hydrogen-bond acceptors (Lipinski definition) is 5. The van der Waals surface area contributed by atoms with Crippen LogP contribution in [0.1, 0.15) is 56.7 Å². The molecular formula is C17H27N3O2S. The van der Waals surface area contributed by atoms with Gasteiger partial charge >= 0.3 is 0 Å². The van der Waals surface area contributed by atoms with Gasteiger partial charge in [-0.3, -0.25) is 4.79 Å². The summed E-state index contributed by atoms with van der Waals surface area (Å²) >= 11 is 1.92. The summed E-state index contributed by atoms with van der Waals surface area (Å²) < 4.78 is 5.72. The van der Waals surface area contributed by atoms with Crippen molar-refractivity contribution in [2.24, 2.45) is 5.92 Å². The van der Waals surface area contributed by atoms with Crippen LogP contribution in [0, 0.1) is 5.92 Å². The second-order valence-corrected chi connectivity index (χ2v) is 7.85. The van der Waals surface area contributed by atoms with E-state index in [2.05, 4.69) is 10.2 Å². The lowest BCUT2D eigenvalue weighted by Gasteiger charge is -2.26. The molecule has 0 atom stereocenters. The summed E-state index contributed by atoms with van der Waals surface area (Å²) in [6, 6.07) is 0. The van der Waals surface area contributed by atoms with Crippen molar-refractivity contribution in [1.29, 1.82) is 0 Å². The molecule has 0 spiro atoms. The zero-order valence-corrected chi connectivity index (χ0v) is 14.7. The number of rotatable bonds is 6. The molecule has 6 heteroatoms. The molecule has 1 saturated heterocycles. The van der Waals surface area contributed by atoms with Gasteiger partial charge in [-0.1, -0.05) is 32.1 Å². The molecule has 0 unspecified atom stereocenters. The standard InChI is InChI=1S/C17H27N3O2S/c21-17(20-10-12-23-13-11-20)9-8-16-19-18-15(22-16)7-6-14-4-2-1-3-5-14/h14H,1-13H2. The quantitative estimate of drug-likeness (QED) is 0.798. The first kappa shape index (κ1) is 16.8. The van der Waals surface area contributed by atoms with Gasteiger partial charge in [0.2, 0.25) is 17.7 Å². The van der Waals surface area contributed by atoms with Crippen molar-refractivity contribution >= 4 is 17.7 Å². The highest BCUT2D eigenvalue weighted by atomic mass is 32.2. The molecule has 1 aliphatic heterocycles. The highest BCUT2D eigenvalue weighted by molar-refractivity contribution is 7.99. The van der Waals surface area contributed by atoms with Crippen molar-refractivity contribution in [3.63, 3.8) is 0 Å². The Labute approximate surface area is 142 Å². The maximum absolute atomic E-state index is 12.1. The van der Waals surface area contributed by atoms with Crippen LogP contribution in [0.3, 0.4) is 0 Å². The summed E-state index contributed by atoms with van der Waals surface area (Å²) in [7, 11) is 0. The number of aryl methyl sites for hydroxylation is 2. The molecule has 3 rings (SSSR count). The van der Waals surface area contributed by atoms with Crippen molar-refractivity contribution in [3.8, 4) is 0 Å². The summed E-state index contributed by atoms with van der Waals surface area (Å²) in [6.07, 6.45) is 9.93. The van der Waals surface area contributed by atoms with Gasteiger partial charge in [0.05, 0.1) is 0 Å². The van der Waals surface area contributed by atoms with Gasteiger partial charge in [0.25, 0.3) is 0 Å². The van der Waals surface area contributed by atoms with E-state index in [-0.39, 0.29) is 5.91 Å². The molecule has 1 saturated carbocycles. The topological polar surface area (TPSA) is 59.2 Å². The van der Waals surface area contributed by atoms with Gasteiger partial charge in [-0.25, -0.2) is 0 Å². The molecule has 2 aliphatic rings. The number of aromatic nitrogens is 2. The van der Waals surface area contributed by atoms with E-state index in [9.17, 15) is 4.79 Å². The first-order valence-electron chi connectivity index (χ1n) is 8.98. The van der Waals surface area contributed by atoms with Crippen LogP contribution in [0.15, 0.2) is 4.42 Å². The zero-order chi connectivity index (χ0) is 15.9. The monoisotopic (exact) mass is 337 g/mol. The molecule has 2 heterocycles. The van der Waals surface area contributed by atoms with Crippen molar-refractivity contribution in [1.82, 2.24) is 15.1 Å². The Balaban J connectivity index is 1.39. The largest absolute Gasteiger partial charge is 0.425 e. The number of nitrogens with zero attached hydrogens (tertiary/aromatic N) is 3. The third-order valence-electron chi connectivity index (χ3n) is 4.92. The maximum Gasteiger partial charge on any atom is 0.223 e. The molecule has 5 nitrogen and oxygen atoms in total. The lowest BCUT2D eigenvalue weighted by atomic mass is 9.86. The van der Waals surface area contributed by atoms with E-state index in [0.29, 0.717) is 18.7 Å². The summed E-state index contributed by atoms with van der Waals surface area (Å²) in [4.78, 5) is 14.1. The average Bonchev–Trinajstić information content (AvgIpc) is 3.07. The van der Waals surface area contributed by atoms with Gasteiger partial charge in [-0.2, -0.15) is 11.8 Å². The molecule has 23 heavy (non-hydrogen) atoms. The molecule has 0 N–H and O–H groups in total. The van der Waals surface area contributed by atoms with Crippen LogP contribution in [0.2, 0.25) is 0 Å². The Morgan fingerprint density at radius 2 is 1.78 bits per heavy atom. The Hall–Kier alpha value is -1.04. The number of amides is 1. The van der Waals surface area contributed by atoms with Gasteiger partial charge in [-0.15, -0.1) is 10.2 Å². The minimum absolute atomic E-state index is 0.215. The summed E-state index contributed by atoms with van der Waals surface area (Å²) in [5, 5.41) is 8.25. The predicted molar refractivity (Wildman–Crippen MR) is 91.4 cm³/mol. The van der Waals surface area contributed by atoms with E-state index in [1.165, 1.54) is 32.1 Å². The minimum atomic E-state index is 0.215. The minimum Gasteiger partial charge on any atom is -0.425 e. The normalized spacial score (nSPS) is 19.9. The average molecular weight is 337 g/mol. The van der Waals surface area contributed by atoms with Crippen LogP contribution in [-0.2, 0) is 17.6 Å². The van der Waals surface area contributed by atoms with E-state index >= 15 is 0 Å². The summed E-state index contributed by atoms with van der Waals surface area (Å²) in [5.74, 6) is 4.51. The molecule has 0 radical (unpaired) electrons. The van der Waals surface area contributed by atoms with Crippen molar-refractivity contribution in [2.75, 3.05) is 24.6 Å². The van der Waals surface area contributed by atoms with E-state index < -0.39 is 0 Å².